The van der Waals surface area contributed by atoms with Crippen molar-refractivity contribution in [2.45, 2.75) is 12.6 Å². The fourth-order valence-electron chi connectivity index (χ4n) is 2.80. The summed E-state index contributed by atoms with van der Waals surface area (Å²) in [5.74, 6) is 0. The molecule has 25 heavy (non-hydrogen) atoms. The summed E-state index contributed by atoms with van der Waals surface area (Å²) >= 11 is 9.92. The molecular formula is C17H16BrClN6. The first-order chi connectivity index (χ1) is 12.2. The first-order valence-electron chi connectivity index (χ1n) is 7.86. The van der Waals surface area contributed by atoms with Crippen LogP contribution in [0.5, 0.6) is 0 Å². The van der Waals surface area contributed by atoms with Crippen LogP contribution in [0, 0.1) is 0 Å². The van der Waals surface area contributed by atoms with Crippen molar-refractivity contribution in [1.29, 1.82) is 0 Å². The minimum Gasteiger partial charge on any atom is -0.320 e. The van der Waals surface area contributed by atoms with E-state index in [1.165, 1.54) is 0 Å². The van der Waals surface area contributed by atoms with Crippen LogP contribution in [-0.2, 0) is 6.54 Å². The van der Waals surface area contributed by atoms with Crippen LogP contribution in [0.2, 0.25) is 5.02 Å². The molecule has 0 bridgehead atoms. The summed E-state index contributed by atoms with van der Waals surface area (Å²) in [6.07, 6.45) is 3.61. The highest BCUT2D eigenvalue weighted by molar-refractivity contribution is 9.10. The molecule has 2 aromatic heterocycles. The lowest BCUT2D eigenvalue weighted by Crippen LogP contribution is -2.30. The zero-order chi connectivity index (χ0) is 17.2. The van der Waals surface area contributed by atoms with Crippen LogP contribution in [0.15, 0.2) is 53.5 Å². The first kappa shape index (κ1) is 16.7. The molecule has 1 aliphatic rings. The highest BCUT2D eigenvalue weighted by Gasteiger charge is 2.18. The van der Waals surface area contributed by atoms with Gasteiger partial charge in [0.15, 0.2) is 0 Å². The van der Waals surface area contributed by atoms with Crippen LogP contribution in [0.1, 0.15) is 17.2 Å². The van der Waals surface area contributed by atoms with Crippen LogP contribution >= 0.6 is 27.5 Å². The van der Waals surface area contributed by atoms with Gasteiger partial charge in [-0.25, -0.2) is 15.8 Å². The molecule has 1 atom stereocenters. The van der Waals surface area contributed by atoms with Crippen molar-refractivity contribution >= 4 is 27.5 Å². The van der Waals surface area contributed by atoms with E-state index in [1.807, 2.05) is 41.1 Å². The Morgan fingerprint density at radius 2 is 2.12 bits per heavy atom. The largest absolute Gasteiger partial charge is 0.320 e. The molecule has 1 aromatic carbocycles. The summed E-state index contributed by atoms with van der Waals surface area (Å²) in [4.78, 5) is 9.02. The van der Waals surface area contributed by atoms with E-state index >= 15 is 0 Å². The second-order valence-corrected chi connectivity index (χ2v) is 6.94. The summed E-state index contributed by atoms with van der Waals surface area (Å²) in [7, 11) is 0. The van der Waals surface area contributed by atoms with Crippen molar-refractivity contribution in [3.63, 3.8) is 0 Å². The van der Waals surface area contributed by atoms with Gasteiger partial charge < -0.3 is 4.57 Å². The minimum atomic E-state index is 0.200. The quantitative estimate of drug-likeness (QED) is 0.606. The molecule has 8 heteroatoms. The maximum atomic E-state index is 6.26. The predicted octanol–water partition coefficient (Wildman–Crippen LogP) is 3.06. The van der Waals surface area contributed by atoms with Gasteiger partial charge in [-0.15, -0.1) is 0 Å². The number of hydrogen-bond donors (Lipinski definition) is 3. The highest BCUT2D eigenvalue weighted by atomic mass is 79.9. The van der Waals surface area contributed by atoms with Gasteiger partial charge in [0, 0.05) is 17.8 Å². The number of hydrogen-bond acceptors (Lipinski definition) is 5. The molecule has 0 radical (unpaired) electrons. The van der Waals surface area contributed by atoms with Gasteiger partial charge in [0.05, 0.1) is 24.6 Å². The van der Waals surface area contributed by atoms with E-state index in [9.17, 15) is 0 Å². The van der Waals surface area contributed by atoms with Gasteiger partial charge in [-0.1, -0.05) is 29.8 Å². The van der Waals surface area contributed by atoms with Crippen molar-refractivity contribution < 1.29 is 0 Å². The van der Waals surface area contributed by atoms with E-state index < -0.39 is 0 Å². The van der Waals surface area contributed by atoms with E-state index in [1.54, 1.807) is 6.33 Å². The van der Waals surface area contributed by atoms with Gasteiger partial charge in [0.2, 0.25) is 0 Å². The van der Waals surface area contributed by atoms with Gasteiger partial charge in [-0.2, -0.15) is 5.53 Å². The average Bonchev–Trinajstić information content (AvgIpc) is 3.28. The zero-order valence-corrected chi connectivity index (χ0v) is 15.5. The minimum absolute atomic E-state index is 0.200. The smallest absolute Gasteiger partial charge is 0.121 e. The summed E-state index contributed by atoms with van der Waals surface area (Å²) in [6, 6.07) is 12.1. The van der Waals surface area contributed by atoms with Gasteiger partial charge >= 0.3 is 0 Å². The Balaban J connectivity index is 1.63. The van der Waals surface area contributed by atoms with E-state index in [-0.39, 0.29) is 6.04 Å². The second kappa shape index (κ2) is 7.23. The van der Waals surface area contributed by atoms with E-state index in [0.717, 1.165) is 38.7 Å². The number of imidazole rings is 1. The molecule has 3 N–H and O–H groups in total. The predicted molar refractivity (Wildman–Crippen MR) is 101 cm³/mol. The molecule has 1 saturated heterocycles. The van der Waals surface area contributed by atoms with Crippen LogP contribution in [-0.4, -0.2) is 21.1 Å². The summed E-state index contributed by atoms with van der Waals surface area (Å²) in [5.41, 5.74) is 13.0. The molecule has 0 saturated carbocycles. The molecule has 0 aliphatic carbocycles. The van der Waals surface area contributed by atoms with Crippen molar-refractivity contribution in [3.05, 3.63) is 69.7 Å². The van der Waals surface area contributed by atoms with E-state index in [4.69, 9.17) is 11.6 Å². The average molecular weight is 420 g/mol. The molecule has 1 unspecified atom stereocenters. The van der Waals surface area contributed by atoms with Crippen molar-refractivity contribution in [2.24, 2.45) is 0 Å². The standard InChI is InChI=1S/C17H16BrClN6/c18-17-16(14-7-11(5-6-20-14)15-8-22-24-23-15)21-10-25(17)9-12-3-1-2-4-13(12)19/h1-7,10,15,22-24H,8-9H2. The summed E-state index contributed by atoms with van der Waals surface area (Å²) in [6.45, 7) is 1.45. The fourth-order valence-corrected chi connectivity index (χ4v) is 3.51. The van der Waals surface area contributed by atoms with Gasteiger partial charge in [0.1, 0.15) is 10.3 Å². The number of nitrogens with one attached hydrogen (secondary N) is 3. The topological polar surface area (TPSA) is 66.8 Å². The Kier molecular flexibility index (Phi) is 4.82. The molecule has 3 aromatic rings. The number of halogens is 2. The van der Waals surface area contributed by atoms with Crippen LogP contribution in [0.4, 0.5) is 0 Å². The van der Waals surface area contributed by atoms with E-state index in [2.05, 4.69) is 48.4 Å². The molecule has 3 heterocycles. The third kappa shape index (κ3) is 3.47. The normalized spacial score (nSPS) is 17.1. The van der Waals surface area contributed by atoms with Crippen LogP contribution < -0.4 is 16.4 Å². The molecule has 1 aliphatic heterocycles. The summed E-state index contributed by atoms with van der Waals surface area (Å²) < 4.78 is 2.90. The summed E-state index contributed by atoms with van der Waals surface area (Å²) in [5, 5.41) is 0.747. The first-order valence-corrected chi connectivity index (χ1v) is 9.03. The van der Waals surface area contributed by atoms with Gasteiger partial charge in [-0.05, 0) is 45.3 Å². The van der Waals surface area contributed by atoms with Crippen LogP contribution in [0.3, 0.4) is 0 Å². The molecule has 0 spiro atoms. The number of rotatable bonds is 4. The van der Waals surface area contributed by atoms with Gasteiger partial charge in [0.25, 0.3) is 0 Å². The second-order valence-electron chi connectivity index (χ2n) is 5.78. The lowest BCUT2D eigenvalue weighted by molar-refractivity contribution is 0.555. The Labute approximate surface area is 158 Å². The molecule has 1 fully saturated rings. The maximum Gasteiger partial charge on any atom is 0.121 e. The molecule has 4 rings (SSSR count). The number of hydrazine groups is 2. The van der Waals surface area contributed by atoms with Crippen molar-refractivity contribution in [2.75, 3.05) is 6.54 Å². The number of pyridine rings is 1. The molecular weight excluding hydrogens is 404 g/mol. The zero-order valence-electron chi connectivity index (χ0n) is 13.2. The Bertz CT molecular complexity index is 890. The Morgan fingerprint density at radius 1 is 1.24 bits per heavy atom. The lowest BCUT2D eigenvalue weighted by atomic mass is 10.1. The third-order valence-corrected chi connectivity index (χ3v) is 5.34. The third-order valence-electron chi connectivity index (χ3n) is 4.14. The monoisotopic (exact) mass is 418 g/mol. The maximum absolute atomic E-state index is 6.26. The molecule has 128 valence electrons. The Morgan fingerprint density at radius 3 is 2.92 bits per heavy atom. The number of benzene rings is 1. The Hall–Kier alpha value is -1.77. The highest BCUT2D eigenvalue weighted by Crippen LogP contribution is 2.28. The van der Waals surface area contributed by atoms with E-state index in [0.29, 0.717) is 6.54 Å². The van der Waals surface area contributed by atoms with Crippen molar-refractivity contribution in [3.8, 4) is 11.4 Å². The number of nitrogens with zero attached hydrogens (tertiary/aromatic N) is 3. The van der Waals surface area contributed by atoms with Crippen molar-refractivity contribution in [1.82, 2.24) is 30.9 Å². The molecule has 6 nitrogen and oxygen atoms in total. The number of aromatic nitrogens is 3. The fraction of sp³-hybridized carbons (Fsp3) is 0.176. The van der Waals surface area contributed by atoms with Crippen LogP contribution in [0.25, 0.3) is 11.4 Å². The SMILES string of the molecule is Clc1ccccc1Cn1cnc(-c2cc(C3CNNN3)ccn2)c1Br. The molecule has 0 amide bonds. The van der Waals surface area contributed by atoms with Gasteiger partial charge in [-0.3, -0.25) is 4.98 Å². The lowest BCUT2D eigenvalue weighted by Gasteiger charge is -2.10.